The molecule has 0 saturated heterocycles. The predicted octanol–water partition coefficient (Wildman–Crippen LogP) is 1.44. The number of methoxy groups -OCH3 is 1. The Labute approximate surface area is 144 Å². The minimum absolute atomic E-state index is 0.0375. The van der Waals surface area contributed by atoms with Gasteiger partial charge in [0.15, 0.2) is 6.04 Å². The summed E-state index contributed by atoms with van der Waals surface area (Å²) in [6, 6.07) is 10.0. The number of hydrogen-bond donors (Lipinski definition) is 2. The van der Waals surface area contributed by atoms with Gasteiger partial charge in [-0.25, -0.2) is 0 Å². The SMILES string of the molecule is COc1ccc(C[NH+](C)[C@@H](C)C(=O)NC2(C#N)CCCCC2)cc1. The topological polar surface area (TPSA) is 66.6 Å². The molecule has 1 amide bonds. The van der Waals surface area contributed by atoms with E-state index in [1.54, 1.807) is 7.11 Å². The summed E-state index contributed by atoms with van der Waals surface area (Å²) >= 11 is 0. The second kappa shape index (κ2) is 8.16. The molecule has 1 aliphatic carbocycles. The fraction of sp³-hybridized carbons (Fsp3) is 0.579. The Morgan fingerprint density at radius 1 is 1.33 bits per heavy atom. The summed E-state index contributed by atoms with van der Waals surface area (Å²) in [4.78, 5) is 13.7. The van der Waals surface area contributed by atoms with E-state index in [9.17, 15) is 10.1 Å². The zero-order chi connectivity index (χ0) is 17.6. The summed E-state index contributed by atoms with van der Waals surface area (Å²) in [5, 5.41) is 12.5. The van der Waals surface area contributed by atoms with E-state index in [0.29, 0.717) is 0 Å². The van der Waals surface area contributed by atoms with Crippen LogP contribution in [0.1, 0.15) is 44.6 Å². The van der Waals surface area contributed by atoms with E-state index < -0.39 is 5.54 Å². The smallest absolute Gasteiger partial charge is 0.279 e. The highest BCUT2D eigenvalue weighted by Crippen LogP contribution is 2.27. The van der Waals surface area contributed by atoms with Crippen molar-refractivity contribution < 1.29 is 14.4 Å². The average Bonchev–Trinajstić information content (AvgIpc) is 2.62. The van der Waals surface area contributed by atoms with Crippen LogP contribution in [0, 0.1) is 11.3 Å². The lowest BCUT2D eigenvalue weighted by Crippen LogP contribution is -3.12. The van der Waals surface area contributed by atoms with Crippen molar-refractivity contribution in [3.8, 4) is 11.8 Å². The molecule has 1 aliphatic rings. The molecular formula is C19H28N3O2+. The molecule has 5 nitrogen and oxygen atoms in total. The summed E-state index contributed by atoms with van der Waals surface area (Å²) < 4.78 is 5.17. The zero-order valence-electron chi connectivity index (χ0n) is 14.9. The molecule has 2 atom stereocenters. The first-order chi connectivity index (χ1) is 11.5. The molecular weight excluding hydrogens is 302 g/mol. The third-order valence-corrected chi connectivity index (χ3v) is 5.06. The molecule has 1 aromatic carbocycles. The summed E-state index contributed by atoms with van der Waals surface area (Å²) in [7, 11) is 3.66. The Balaban J connectivity index is 1.94. The second-order valence-corrected chi connectivity index (χ2v) is 6.84. The van der Waals surface area contributed by atoms with Crippen molar-refractivity contribution in [2.45, 2.75) is 57.2 Å². The predicted molar refractivity (Wildman–Crippen MR) is 92.6 cm³/mol. The van der Waals surface area contributed by atoms with Crippen LogP contribution in [-0.2, 0) is 11.3 Å². The first-order valence-electron chi connectivity index (χ1n) is 8.68. The normalized spacial score (nSPS) is 18.9. The largest absolute Gasteiger partial charge is 0.497 e. The number of carbonyl (C=O) groups is 1. The lowest BCUT2D eigenvalue weighted by atomic mass is 9.82. The number of hydrogen-bond acceptors (Lipinski definition) is 3. The van der Waals surface area contributed by atoms with Crippen LogP contribution in [0.4, 0.5) is 0 Å². The summed E-state index contributed by atoms with van der Waals surface area (Å²) in [6.07, 6.45) is 4.70. The van der Waals surface area contributed by atoms with E-state index in [2.05, 4.69) is 11.4 Å². The molecule has 2 rings (SSSR count). The molecule has 0 radical (unpaired) electrons. The van der Waals surface area contributed by atoms with E-state index in [1.165, 1.54) is 0 Å². The van der Waals surface area contributed by atoms with Crippen molar-refractivity contribution >= 4 is 5.91 Å². The number of likely N-dealkylation sites (N-methyl/N-ethyl adjacent to an activating group) is 1. The highest BCUT2D eigenvalue weighted by Gasteiger charge is 2.36. The fourth-order valence-corrected chi connectivity index (χ4v) is 3.21. The molecule has 0 heterocycles. The van der Waals surface area contributed by atoms with Crippen molar-refractivity contribution in [2.75, 3.05) is 14.2 Å². The van der Waals surface area contributed by atoms with Crippen LogP contribution in [0.15, 0.2) is 24.3 Å². The lowest BCUT2D eigenvalue weighted by Gasteiger charge is -2.33. The Morgan fingerprint density at radius 3 is 2.50 bits per heavy atom. The number of quaternary nitrogens is 1. The van der Waals surface area contributed by atoms with Crippen LogP contribution in [0.5, 0.6) is 5.75 Å². The van der Waals surface area contributed by atoms with Gasteiger partial charge in [-0.2, -0.15) is 5.26 Å². The van der Waals surface area contributed by atoms with Crippen molar-refractivity contribution in [2.24, 2.45) is 0 Å². The molecule has 1 saturated carbocycles. The molecule has 1 aromatic rings. The number of amides is 1. The Kier molecular flexibility index (Phi) is 6.22. The van der Waals surface area contributed by atoms with Gasteiger partial charge in [-0.15, -0.1) is 0 Å². The number of nitriles is 1. The van der Waals surface area contributed by atoms with E-state index in [1.807, 2.05) is 38.2 Å². The van der Waals surface area contributed by atoms with Gasteiger partial charge in [0.25, 0.3) is 5.91 Å². The van der Waals surface area contributed by atoms with Crippen LogP contribution in [-0.4, -0.2) is 31.6 Å². The maximum atomic E-state index is 12.6. The third-order valence-electron chi connectivity index (χ3n) is 5.06. The minimum Gasteiger partial charge on any atom is -0.497 e. The van der Waals surface area contributed by atoms with E-state index in [-0.39, 0.29) is 11.9 Å². The number of carbonyl (C=O) groups excluding carboxylic acids is 1. The number of benzene rings is 1. The van der Waals surface area contributed by atoms with Crippen LogP contribution < -0.4 is 15.0 Å². The molecule has 0 bridgehead atoms. The van der Waals surface area contributed by atoms with Crippen LogP contribution in [0.25, 0.3) is 0 Å². The maximum Gasteiger partial charge on any atom is 0.279 e. The second-order valence-electron chi connectivity index (χ2n) is 6.84. The number of nitrogens with zero attached hydrogens (tertiary/aromatic N) is 1. The van der Waals surface area contributed by atoms with Gasteiger partial charge in [0.2, 0.25) is 0 Å². The molecule has 130 valence electrons. The molecule has 2 N–H and O–H groups in total. The molecule has 5 heteroatoms. The average molecular weight is 330 g/mol. The summed E-state index contributed by atoms with van der Waals surface area (Å²) in [5.74, 6) is 0.792. The van der Waals surface area contributed by atoms with Gasteiger partial charge in [-0.3, -0.25) is 4.79 Å². The maximum absolute atomic E-state index is 12.6. The van der Waals surface area contributed by atoms with Gasteiger partial charge >= 0.3 is 0 Å². The molecule has 24 heavy (non-hydrogen) atoms. The van der Waals surface area contributed by atoms with Crippen LogP contribution >= 0.6 is 0 Å². The summed E-state index contributed by atoms with van der Waals surface area (Å²) in [6.45, 7) is 2.67. The first-order valence-corrected chi connectivity index (χ1v) is 8.68. The minimum atomic E-state index is -0.663. The molecule has 0 aromatic heterocycles. The van der Waals surface area contributed by atoms with Gasteiger partial charge < -0.3 is 15.0 Å². The van der Waals surface area contributed by atoms with Gasteiger partial charge in [0, 0.05) is 5.56 Å². The number of rotatable bonds is 6. The van der Waals surface area contributed by atoms with Crippen LogP contribution in [0.3, 0.4) is 0 Å². The first kappa shape index (κ1) is 18.3. The van der Waals surface area contributed by atoms with Gasteiger partial charge in [0.05, 0.1) is 20.2 Å². The van der Waals surface area contributed by atoms with E-state index in [0.717, 1.165) is 54.9 Å². The van der Waals surface area contributed by atoms with E-state index in [4.69, 9.17) is 4.74 Å². The fourth-order valence-electron chi connectivity index (χ4n) is 3.21. The molecule has 1 unspecified atom stereocenters. The van der Waals surface area contributed by atoms with Crippen LogP contribution in [0.2, 0.25) is 0 Å². The quantitative estimate of drug-likeness (QED) is 0.829. The summed E-state index contributed by atoms with van der Waals surface area (Å²) in [5.41, 5.74) is 0.491. The monoisotopic (exact) mass is 330 g/mol. The van der Waals surface area contributed by atoms with Crippen molar-refractivity contribution in [1.29, 1.82) is 5.26 Å². The lowest BCUT2D eigenvalue weighted by molar-refractivity contribution is -0.908. The zero-order valence-corrected chi connectivity index (χ0v) is 14.9. The standard InChI is InChI=1S/C19H27N3O2/c1-15(18(23)21-19(14-20)11-5-4-6-12-19)22(2)13-16-7-9-17(24-3)10-8-16/h7-10,15H,4-6,11-13H2,1-3H3,(H,21,23)/p+1/t15-/m0/s1. The van der Waals surface area contributed by atoms with Crippen molar-refractivity contribution in [3.63, 3.8) is 0 Å². The number of nitrogens with one attached hydrogen (secondary N) is 2. The highest BCUT2D eigenvalue weighted by molar-refractivity contribution is 5.81. The Bertz CT molecular complexity index is 586. The number of ether oxygens (including phenoxy) is 1. The molecule has 0 aliphatic heterocycles. The Morgan fingerprint density at radius 2 is 1.96 bits per heavy atom. The van der Waals surface area contributed by atoms with E-state index >= 15 is 0 Å². The third kappa shape index (κ3) is 4.48. The van der Waals surface area contributed by atoms with Gasteiger partial charge in [-0.05, 0) is 44.0 Å². The van der Waals surface area contributed by atoms with Crippen molar-refractivity contribution in [1.82, 2.24) is 5.32 Å². The molecule has 0 spiro atoms. The Hall–Kier alpha value is -2.06. The van der Waals surface area contributed by atoms with Gasteiger partial charge in [0.1, 0.15) is 17.8 Å². The highest BCUT2D eigenvalue weighted by atomic mass is 16.5. The van der Waals surface area contributed by atoms with Gasteiger partial charge in [-0.1, -0.05) is 19.3 Å². The molecule has 1 fully saturated rings. The van der Waals surface area contributed by atoms with Crippen molar-refractivity contribution in [3.05, 3.63) is 29.8 Å².